The molecule has 7 heteroatoms. The Morgan fingerprint density at radius 1 is 1.00 bits per heavy atom. The van der Waals surface area contributed by atoms with E-state index in [4.69, 9.17) is 9.47 Å². The van der Waals surface area contributed by atoms with Crippen molar-refractivity contribution >= 4 is 27.9 Å². The van der Waals surface area contributed by atoms with Gasteiger partial charge in [-0.25, -0.2) is 9.78 Å². The highest BCUT2D eigenvalue weighted by Gasteiger charge is 2.55. The standard InChI is InChI=1S/C28H30N4O3/c1-27(2,3)35-26(33)32-16-28(17-32)12-20(13-28)34-25-8-6-19(14-30-25)18-5-7-21-22-15-29-10-9-23(22)31(4)24(21)11-18/h5-11,14-15,20H,12-13,16-17H2,1-4H3. The number of hydrogen-bond acceptors (Lipinski definition) is 5. The van der Waals surface area contributed by atoms with E-state index in [0.29, 0.717) is 5.88 Å². The van der Waals surface area contributed by atoms with E-state index < -0.39 is 5.60 Å². The lowest BCUT2D eigenvalue weighted by atomic mass is 9.62. The van der Waals surface area contributed by atoms with Crippen LogP contribution >= 0.6 is 0 Å². The fourth-order valence-electron chi connectivity index (χ4n) is 5.49. The van der Waals surface area contributed by atoms with Crippen LogP contribution in [0.4, 0.5) is 4.79 Å². The summed E-state index contributed by atoms with van der Waals surface area (Å²) in [6.07, 6.45) is 7.45. The molecule has 1 saturated carbocycles. The molecule has 7 nitrogen and oxygen atoms in total. The van der Waals surface area contributed by atoms with Crippen LogP contribution in [0.5, 0.6) is 5.88 Å². The van der Waals surface area contributed by atoms with Gasteiger partial charge in [0.25, 0.3) is 0 Å². The van der Waals surface area contributed by atoms with Crippen molar-refractivity contribution in [2.24, 2.45) is 12.5 Å². The van der Waals surface area contributed by atoms with Crippen LogP contribution in [0.15, 0.2) is 55.0 Å². The van der Waals surface area contributed by atoms with Crippen molar-refractivity contribution in [3.05, 3.63) is 55.0 Å². The second kappa shape index (κ2) is 7.70. The van der Waals surface area contributed by atoms with E-state index >= 15 is 0 Å². The molecule has 0 N–H and O–H groups in total. The summed E-state index contributed by atoms with van der Waals surface area (Å²) < 4.78 is 13.8. The summed E-state index contributed by atoms with van der Waals surface area (Å²) in [7, 11) is 2.09. The maximum absolute atomic E-state index is 12.2. The minimum atomic E-state index is -0.457. The number of carbonyl (C=O) groups excluding carboxylic acids is 1. The monoisotopic (exact) mass is 470 g/mol. The Kier molecular flexibility index (Phi) is 4.82. The van der Waals surface area contributed by atoms with Gasteiger partial charge >= 0.3 is 6.09 Å². The summed E-state index contributed by atoms with van der Waals surface area (Å²) >= 11 is 0. The Labute approximate surface area is 204 Å². The summed E-state index contributed by atoms with van der Waals surface area (Å²) in [4.78, 5) is 22.8. The molecule has 1 aliphatic heterocycles. The maximum atomic E-state index is 12.2. The molecule has 1 aliphatic carbocycles. The highest BCUT2D eigenvalue weighted by molar-refractivity contribution is 6.08. The Bertz CT molecular complexity index is 1420. The van der Waals surface area contributed by atoms with Gasteiger partial charge < -0.3 is 18.9 Å². The molecule has 4 heterocycles. The van der Waals surface area contributed by atoms with E-state index in [0.717, 1.165) is 42.4 Å². The first-order valence-corrected chi connectivity index (χ1v) is 12.1. The molecule has 0 bridgehead atoms. The van der Waals surface area contributed by atoms with E-state index in [9.17, 15) is 4.79 Å². The molecule has 4 aromatic rings. The first kappa shape index (κ1) is 21.9. The Morgan fingerprint density at radius 3 is 2.49 bits per heavy atom. The molecule has 2 aliphatic rings. The molecular weight excluding hydrogens is 440 g/mol. The molecule has 0 atom stereocenters. The summed E-state index contributed by atoms with van der Waals surface area (Å²) in [6, 6.07) is 12.6. The van der Waals surface area contributed by atoms with Gasteiger partial charge in [-0.1, -0.05) is 12.1 Å². The van der Waals surface area contributed by atoms with Crippen LogP contribution in [0.25, 0.3) is 32.9 Å². The normalized spacial score (nSPS) is 17.4. The van der Waals surface area contributed by atoms with Gasteiger partial charge in [0.15, 0.2) is 0 Å². The summed E-state index contributed by atoms with van der Waals surface area (Å²) in [5.74, 6) is 0.647. The van der Waals surface area contributed by atoms with Crippen molar-refractivity contribution in [2.75, 3.05) is 13.1 Å². The molecular formula is C28H30N4O3. The largest absolute Gasteiger partial charge is 0.474 e. The number of benzene rings is 1. The van der Waals surface area contributed by atoms with E-state index in [1.165, 1.54) is 16.4 Å². The van der Waals surface area contributed by atoms with Crippen LogP contribution in [0.2, 0.25) is 0 Å². The van der Waals surface area contributed by atoms with E-state index in [2.05, 4.69) is 45.8 Å². The molecule has 0 radical (unpaired) electrons. The predicted octanol–water partition coefficient (Wildman–Crippen LogP) is 5.57. The van der Waals surface area contributed by atoms with Crippen molar-refractivity contribution in [1.82, 2.24) is 19.4 Å². The third kappa shape index (κ3) is 3.89. The molecule has 6 rings (SSSR count). The lowest BCUT2D eigenvalue weighted by Crippen LogP contribution is -2.66. The molecule has 2 fully saturated rings. The van der Waals surface area contributed by atoms with Gasteiger partial charge in [0.05, 0.1) is 5.52 Å². The molecule has 3 aromatic heterocycles. The summed E-state index contributed by atoms with van der Waals surface area (Å²) in [6.45, 7) is 7.18. The fourth-order valence-corrected chi connectivity index (χ4v) is 5.49. The number of fused-ring (bicyclic) bond motifs is 3. The zero-order valence-electron chi connectivity index (χ0n) is 20.6. The minimum absolute atomic E-state index is 0.148. The third-order valence-electron chi connectivity index (χ3n) is 7.19. The predicted molar refractivity (Wildman–Crippen MR) is 135 cm³/mol. The van der Waals surface area contributed by atoms with E-state index in [-0.39, 0.29) is 17.6 Å². The van der Waals surface area contributed by atoms with E-state index in [1.54, 1.807) is 4.90 Å². The fraction of sp³-hybridized carbons (Fsp3) is 0.393. The number of ether oxygens (including phenoxy) is 2. The number of amides is 1. The lowest BCUT2D eigenvalue weighted by molar-refractivity contribution is -0.117. The van der Waals surface area contributed by atoms with Gasteiger partial charge in [0.2, 0.25) is 5.88 Å². The number of rotatable bonds is 3. The summed E-state index contributed by atoms with van der Waals surface area (Å²) in [5, 5.41) is 2.37. The molecule has 1 amide bonds. The van der Waals surface area contributed by atoms with Crippen LogP contribution in [0.1, 0.15) is 33.6 Å². The number of likely N-dealkylation sites (tertiary alicyclic amines) is 1. The average Bonchev–Trinajstić information content (AvgIpc) is 3.05. The number of aryl methyl sites for hydroxylation is 1. The SMILES string of the molecule is Cn1c2ccncc2c2ccc(-c3ccc(OC4CC5(C4)CN(C(=O)OC(C)(C)C)C5)nc3)cc21. The van der Waals surface area contributed by atoms with Gasteiger partial charge in [0, 0.05) is 72.1 Å². The van der Waals surface area contributed by atoms with E-state index in [1.807, 2.05) is 51.5 Å². The lowest BCUT2D eigenvalue weighted by Gasteiger charge is -2.57. The number of aromatic nitrogens is 3. The molecule has 1 saturated heterocycles. The smallest absolute Gasteiger partial charge is 0.410 e. The molecule has 0 unspecified atom stereocenters. The number of hydrogen-bond donors (Lipinski definition) is 0. The van der Waals surface area contributed by atoms with Crippen LogP contribution in [0, 0.1) is 5.41 Å². The second-order valence-corrected chi connectivity index (χ2v) is 11.1. The van der Waals surface area contributed by atoms with Crippen molar-refractivity contribution in [2.45, 2.75) is 45.3 Å². The van der Waals surface area contributed by atoms with Crippen LogP contribution < -0.4 is 4.74 Å². The molecule has 35 heavy (non-hydrogen) atoms. The van der Waals surface area contributed by atoms with Gasteiger partial charge in [0.1, 0.15) is 11.7 Å². The van der Waals surface area contributed by atoms with Crippen LogP contribution in [-0.4, -0.2) is 50.3 Å². The molecule has 1 spiro atoms. The topological polar surface area (TPSA) is 69.5 Å². The van der Waals surface area contributed by atoms with Crippen LogP contribution in [0.3, 0.4) is 0 Å². The Hall–Kier alpha value is -3.61. The van der Waals surface area contributed by atoms with Crippen molar-refractivity contribution in [3.8, 4) is 17.0 Å². The number of pyridine rings is 2. The average molecular weight is 471 g/mol. The van der Waals surface area contributed by atoms with Crippen molar-refractivity contribution < 1.29 is 14.3 Å². The van der Waals surface area contributed by atoms with Gasteiger partial charge in [-0.3, -0.25) is 4.98 Å². The number of nitrogens with zero attached hydrogens (tertiary/aromatic N) is 4. The van der Waals surface area contributed by atoms with Crippen molar-refractivity contribution in [1.29, 1.82) is 0 Å². The van der Waals surface area contributed by atoms with Gasteiger partial charge in [-0.15, -0.1) is 0 Å². The summed E-state index contributed by atoms with van der Waals surface area (Å²) in [5.41, 5.74) is 4.25. The van der Waals surface area contributed by atoms with Gasteiger partial charge in [-0.2, -0.15) is 0 Å². The maximum Gasteiger partial charge on any atom is 0.410 e. The molecule has 1 aromatic carbocycles. The minimum Gasteiger partial charge on any atom is -0.474 e. The second-order valence-electron chi connectivity index (χ2n) is 11.1. The quantitative estimate of drug-likeness (QED) is 0.392. The number of carbonyl (C=O) groups is 1. The first-order valence-electron chi connectivity index (χ1n) is 12.1. The highest BCUT2D eigenvalue weighted by Crippen LogP contribution is 2.49. The van der Waals surface area contributed by atoms with Crippen LogP contribution in [-0.2, 0) is 11.8 Å². The zero-order valence-corrected chi connectivity index (χ0v) is 20.6. The third-order valence-corrected chi connectivity index (χ3v) is 7.19. The zero-order chi connectivity index (χ0) is 24.4. The molecule has 180 valence electrons. The Balaban J connectivity index is 1.08. The van der Waals surface area contributed by atoms with Crippen molar-refractivity contribution in [3.63, 3.8) is 0 Å². The first-order chi connectivity index (χ1) is 16.7. The highest BCUT2D eigenvalue weighted by atomic mass is 16.6. The van der Waals surface area contributed by atoms with Gasteiger partial charge in [-0.05, 0) is 57.4 Å². The Morgan fingerprint density at radius 2 is 1.77 bits per heavy atom.